The summed E-state index contributed by atoms with van der Waals surface area (Å²) in [7, 11) is 0. The van der Waals surface area contributed by atoms with Crippen molar-refractivity contribution in [3.63, 3.8) is 0 Å². The zero-order valence-corrected chi connectivity index (χ0v) is 9.61. The Balaban J connectivity index is 1.80. The molecule has 0 spiro atoms. The fourth-order valence-electron chi connectivity index (χ4n) is 1.67. The van der Waals surface area contributed by atoms with Crippen LogP contribution in [-0.4, -0.2) is 27.4 Å². The van der Waals surface area contributed by atoms with E-state index in [1.54, 1.807) is 0 Å². The van der Waals surface area contributed by atoms with E-state index >= 15 is 0 Å². The second kappa shape index (κ2) is 4.75. The summed E-state index contributed by atoms with van der Waals surface area (Å²) in [4.78, 5) is 0. The highest BCUT2D eigenvalue weighted by atomic mass is 15.3. The number of nitrogens with one attached hydrogen (secondary N) is 1. The Morgan fingerprint density at radius 3 is 3.07 bits per heavy atom. The Morgan fingerprint density at radius 2 is 2.40 bits per heavy atom. The van der Waals surface area contributed by atoms with Gasteiger partial charge in [-0.15, -0.1) is 10.2 Å². The molecule has 0 aromatic carbocycles. The minimum Gasteiger partial charge on any atom is -0.316 e. The van der Waals surface area contributed by atoms with Crippen molar-refractivity contribution in [3.05, 3.63) is 12.2 Å². The van der Waals surface area contributed by atoms with Crippen molar-refractivity contribution < 1.29 is 0 Å². The summed E-state index contributed by atoms with van der Waals surface area (Å²) in [5.74, 6) is 1.87. The molecular weight excluding hydrogens is 188 g/mol. The Morgan fingerprint density at radius 1 is 1.60 bits per heavy atom. The monoisotopic (exact) mass is 208 g/mol. The highest BCUT2D eigenvalue weighted by molar-refractivity contribution is 5.04. The molecule has 0 amide bonds. The van der Waals surface area contributed by atoms with Crippen LogP contribution in [0.4, 0.5) is 0 Å². The van der Waals surface area contributed by atoms with Crippen LogP contribution in [0.1, 0.15) is 44.9 Å². The van der Waals surface area contributed by atoms with Crippen LogP contribution < -0.4 is 5.32 Å². The van der Waals surface area contributed by atoms with Gasteiger partial charge in [0.2, 0.25) is 0 Å². The first-order chi connectivity index (χ1) is 7.31. The van der Waals surface area contributed by atoms with E-state index in [4.69, 9.17) is 0 Å². The second-order valence-corrected chi connectivity index (χ2v) is 4.42. The highest BCUT2D eigenvalue weighted by Crippen LogP contribution is 2.38. The van der Waals surface area contributed by atoms with Gasteiger partial charge < -0.3 is 9.88 Å². The second-order valence-electron chi connectivity index (χ2n) is 4.42. The van der Waals surface area contributed by atoms with Crippen LogP contribution in [0.5, 0.6) is 0 Å². The predicted molar refractivity (Wildman–Crippen MR) is 59.8 cm³/mol. The third-order valence-corrected chi connectivity index (χ3v) is 3.05. The Kier molecular flexibility index (Phi) is 3.36. The maximum Gasteiger partial charge on any atom is 0.135 e. The summed E-state index contributed by atoms with van der Waals surface area (Å²) in [6, 6.07) is 0.603. The minimum absolute atomic E-state index is 0.603. The molecule has 1 fully saturated rings. The van der Waals surface area contributed by atoms with Crippen molar-refractivity contribution in [2.45, 2.75) is 51.6 Å². The molecule has 0 aliphatic heterocycles. The van der Waals surface area contributed by atoms with Gasteiger partial charge in [0.15, 0.2) is 0 Å². The molecule has 1 saturated carbocycles. The maximum atomic E-state index is 4.18. The molecule has 4 nitrogen and oxygen atoms in total. The molecule has 1 aromatic rings. The Hall–Kier alpha value is -0.900. The topological polar surface area (TPSA) is 42.7 Å². The Labute approximate surface area is 91.1 Å². The normalized spacial score (nSPS) is 18.0. The number of nitrogens with zero attached hydrogens (tertiary/aromatic N) is 3. The molecule has 15 heavy (non-hydrogen) atoms. The Bertz CT molecular complexity index is 303. The molecule has 4 heteroatoms. The van der Waals surface area contributed by atoms with Gasteiger partial charge in [-0.25, -0.2) is 0 Å². The highest BCUT2D eigenvalue weighted by Gasteiger charge is 2.28. The van der Waals surface area contributed by atoms with Crippen LogP contribution in [0.25, 0.3) is 0 Å². The zero-order valence-electron chi connectivity index (χ0n) is 9.61. The maximum absolute atomic E-state index is 4.18. The van der Waals surface area contributed by atoms with Gasteiger partial charge in [-0.1, -0.05) is 6.92 Å². The number of rotatable bonds is 6. The summed E-state index contributed by atoms with van der Waals surface area (Å²) < 4.78 is 2.19. The predicted octanol–water partition coefficient (Wildman–Crippen LogP) is 1.54. The van der Waals surface area contributed by atoms with E-state index < -0.39 is 0 Å². The first-order valence-corrected chi connectivity index (χ1v) is 5.92. The summed E-state index contributed by atoms with van der Waals surface area (Å²) in [6.45, 7) is 6.41. The molecule has 0 bridgehead atoms. The van der Waals surface area contributed by atoms with E-state index in [1.165, 1.54) is 25.1 Å². The average molecular weight is 208 g/mol. The van der Waals surface area contributed by atoms with E-state index in [9.17, 15) is 0 Å². The molecule has 1 aliphatic carbocycles. The molecule has 2 rings (SSSR count). The van der Waals surface area contributed by atoms with Crippen LogP contribution in [0.2, 0.25) is 0 Å². The summed E-state index contributed by atoms with van der Waals surface area (Å²) in [6.07, 6.45) is 5.61. The number of hydrogen-bond donors (Lipinski definition) is 1. The van der Waals surface area contributed by atoms with Gasteiger partial charge in [-0.3, -0.25) is 0 Å². The van der Waals surface area contributed by atoms with Crippen LogP contribution in [-0.2, 0) is 6.54 Å². The number of hydrogen-bond acceptors (Lipinski definition) is 3. The smallest absolute Gasteiger partial charge is 0.135 e. The minimum atomic E-state index is 0.603. The summed E-state index contributed by atoms with van der Waals surface area (Å²) in [5, 5.41) is 11.6. The van der Waals surface area contributed by atoms with Crippen molar-refractivity contribution in [1.29, 1.82) is 0 Å². The first-order valence-electron chi connectivity index (χ1n) is 5.92. The largest absolute Gasteiger partial charge is 0.316 e. The molecule has 0 saturated heterocycles. The lowest BCUT2D eigenvalue weighted by Gasteiger charge is -2.12. The van der Waals surface area contributed by atoms with Gasteiger partial charge in [0.25, 0.3) is 0 Å². The SMILES string of the molecule is CCC(C)NCCn1cnnc1C1CC1. The lowest BCUT2D eigenvalue weighted by molar-refractivity contribution is 0.498. The van der Waals surface area contributed by atoms with Crippen molar-refractivity contribution >= 4 is 0 Å². The van der Waals surface area contributed by atoms with E-state index in [2.05, 4.69) is 33.9 Å². The van der Waals surface area contributed by atoms with Crippen LogP contribution in [0.15, 0.2) is 6.33 Å². The van der Waals surface area contributed by atoms with E-state index in [0.717, 1.165) is 13.1 Å². The average Bonchev–Trinajstić information content (AvgIpc) is 2.99. The van der Waals surface area contributed by atoms with Gasteiger partial charge in [-0.2, -0.15) is 0 Å². The van der Waals surface area contributed by atoms with Crippen LogP contribution >= 0.6 is 0 Å². The molecule has 1 N–H and O–H groups in total. The molecule has 1 heterocycles. The van der Waals surface area contributed by atoms with Gasteiger partial charge in [0.1, 0.15) is 12.2 Å². The summed E-state index contributed by atoms with van der Waals surface area (Å²) in [5.41, 5.74) is 0. The third kappa shape index (κ3) is 2.78. The number of aromatic nitrogens is 3. The first kappa shape index (κ1) is 10.6. The molecule has 1 atom stereocenters. The molecule has 84 valence electrons. The molecule has 1 unspecified atom stereocenters. The molecule has 1 aromatic heterocycles. The van der Waals surface area contributed by atoms with Gasteiger partial charge >= 0.3 is 0 Å². The lowest BCUT2D eigenvalue weighted by atomic mass is 10.2. The summed E-state index contributed by atoms with van der Waals surface area (Å²) >= 11 is 0. The third-order valence-electron chi connectivity index (χ3n) is 3.05. The van der Waals surface area contributed by atoms with Crippen molar-refractivity contribution in [2.75, 3.05) is 6.54 Å². The quantitative estimate of drug-likeness (QED) is 0.771. The van der Waals surface area contributed by atoms with Crippen molar-refractivity contribution in [1.82, 2.24) is 20.1 Å². The van der Waals surface area contributed by atoms with E-state index in [0.29, 0.717) is 12.0 Å². The molecule has 0 radical (unpaired) electrons. The fourth-order valence-corrected chi connectivity index (χ4v) is 1.67. The standard InChI is InChI=1S/C11H20N4/c1-3-9(2)12-6-7-15-8-13-14-11(15)10-4-5-10/h8-10,12H,3-7H2,1-2H3. The van der Waals surface area contributed by atoms with E-state index in [1.807, 2.05) is 6.33 Å². The van der Waals surface area contributed by atoms with Crippen molar-refractivity contribution in [3.8, 4) is 0 Å². The van der Waals surface area contributed by atoms with Gasteiger partial charge in [-0.05, 0) is 26.2 Å². The lowest BCUT2D eigenvalue weighted by Crippen LogP contribution is -2.28. The van der Waals surface area contributed by atoms with Gasteiger partial charge in [0, 0.05) is 25.0 Å². The fraction of sp³-hybridized carbons (Fsp3) is 0.818. The van der Waals surface area contributed by atoms with Crippen LogP contribution in [0, 0.1) is 0 Å². The van der Waals surface area contributed by atoms with E-state index in [-0.39, 0.29) is 0 Å². The molecular formula is C11H20N4. The van der Waals surface area contributed by atoms with Gasteiger partial charge in [0.05, 0.1) is 0 Å². The zero-order chi connectivity index (χ0) is 10.7. The molecule has 1 aliphatic rings. The van der Waals surface area contributed by atoms with Crippen molar-refractivity contribution in [2.24, 2.45) is 0 Å². The van der Waals surface area contributed by atoms with Crippen LogP contribution in [0.3, 0.4) is 0 Å².